The van der Waals surface area contributed by atoms with Gasteiger partial charge in [0.2, 0.25) is 0 Å². The SMILES string of the molecule is O=C(O)c1ccc(CNC(=O)c2ccc(Nc3ccc(F)cc3)c3ccn(Cc4ccc5ccc(F)cc5c4)c23)cc1. The molecule has 6 nitrogen and oxygen atoms in total. The summed E-state index contributed by atoms with van der Waals surface area (Å²) in [5.74, 6) is -1.95. The smallest absolute Gasteiger partial charge is 0.335 e. The minimum absolute atomic E-state index is 0.172. The fourth-order valence-corrected chi connectivity index (χ4v) is 5.04. The molecule has 3 N–H and O–H groups in total. The second-order valence-corrected chi connectivity index (χ2v) is 10.0. The first kappa shape index (κ1) is 26.7. The number of benzene rings is 5. The summed E-state index contributed by atoms with van der Waals surface area (Å²) in [6.45, 7) is 0.652. The fraction of sp³-hybridized carbons (Fsp3) is 0.0588. The van der Waals surface area contributed by atoms with Crippen molar-refractivity contribution in [2.45, 2.75) is 13.1 Å². The predicted octanol–water partition coefficient (Wildman–Crippen LogP) is 7.49. The van der Waals surface area contributed by atoms with Crippen molar-refractivity contribution < 1.29 is 23.5 Å². The predicted molar refractivity (Wildman–Crippen MR) is 159 cm³/mol. The van der Waals surface area contributed by atoms with E-state index in [1.165, 1.54) is 36.4 Å². The molecule has 0 saturated carbocycles. The van der Waals surface area contributed by atoms with Crippen LogP contribution in [0.3, 0.4) is 0 Å². The van der Waals surface area contributed by atoms with Gasteiger partial charge in [-0.3, -0.25) is 4.79 Å². The molecule has 8 heteroatoms. The Kier molecular flexibility index (Phi) is 7.10. The molecule has 0 atom stereocenters. The number of aromatic nitrogens is 1. The number of nitrogens with zero attached hydrogens (tertiary/aromatic N) is 1. The minimum Gasteiger partial charge on any atom is -0.478 e. The van der Waals surface area contributed by atoms with E-state index in [1.807, 2.05) is 41.1 Å². The summed E-state index contributed by atoms with van der Waals surface area (Å²) < 4.78 is 29.3. The number of anilines is 2. The highest BCUT2D eigenvalue weighted by molar-refractivity contribution is 6.09. The molecule has 6 aromatic rings. The first-order valence-corrected chi connectivity index (χ1v) is 13.3. The largest absolute Gasteiger partial charge is 0.478 e. The van der Waals surface area contributed by atoms with E-state index < -0.39 is 5.97 Å². The van der Waals surface area contributed by atoms with Crippen molar-refractivity contribution in [2.24, 2.45) is 0 Å². The van der Waals surface area contributed by atoms with E-state index in [9.17, 15) is 18.4 Å². The highest BCUT2D eigenvalue weighted by atomic mass is 19.1. The number of amides is 1. The van der Waals surface area contributed by atoms with Crippen molar-refractivity contribution in [1.29, 1.82) is 0 Å². The Balaban J connectivity index is 1.35. The molecule has 1 amide bonds. The van der Waals surface area contributed by atoms with Crippen molar-refractivity contribution in [1.82, 2.24) is 9.88 Å². The zero-order valence-electron chi connectivity index (χ0n) is 22.3. The Hall–Kier alpha value is -5.50. The minimum atomic E-state index is -1.01. The molecule has 6 rings (SSSR count). The first-order chi connectivity index (χ1) is 20.3. The zero-order valence-corrected chi connectivity index (χ0v) is 22.3. The molecule has 0 saturated heterocycles. The maximum atomic E-state index is 13.9. The number of nitrogens with one attached hydrogen (secondary N) is 2. The van der Waals surface area contributed by atoms with Gasteiger partial charge in [-0.05, 0) is 94.7 Å². The van der Waals surface area contributed by atoms with Gasteiger partial charge in [0.15, 0.2) is 0 Å². The van der Waals surface area contributed by atoms with Gasteiger partial charge in [0.25, 0.3) is 5.91 Å². The number of rotatable bonds is 8. The third kappa shape index (κ3) is 5.55. The van der Waals surface area contributed by atoms with Gasteiger partial charge in [0, 0.05) is 36.0 Å². The lowest BCUT2D eigenvalue weighted by Crippen LogP contribution is -2.23. The molecule has 0 aliphatic heterocycles. The Morgan fingerprint density at radius 1 is 0.738 bits per heavy atom. The number of hydrogen-bond acceptors (Lipinski definition) is 3. The number of aromatic carboxylic acids is 1. The lowest BCUT2D eigenvalue weighted by molar-refractivity contribution is 0.0696. The molecule has 0 radical (unpaired) electrons. The third-order valence-corrected chi connectivity index (χ3v) is 7.17. The summed E-state index contributed by atoms with van der Waals surface area (Å²) in [4.78, 5) is 24.7. The van der Waals surface area contributed by atoms with Crippen LogP contribution in [0, 0.1) is 11.6 Å². The van der Waals surface area contributed by atoms with E-state index >= 15 is 0 Å². The number of carbonyl (C=O) groups excluding carboxylic acids is 1. The van der Waals surface area contributed by atoms with Gasteiger partial charge in [0.1, 0.15) is 11.6 Å². The van der Waals surface area contributed by atoms with Crippen LogP contribution in [0.5, 0.6) is 0 Å². The van der Waals surface area contributed by atoms with Crippen molar-refractivity contribution in [3.63, 3.8) is 0 Å². The van der Waals surface area contributed by atoms with Crippen LogP contribution < -0.4 is 10.6 Å². The summed E-state index contributed by atoms with van der Waals surface area (Å²) in [5, 5.41) is 17.9. The van der Waals surface area contributed by atoms with Crippen molar-refractivity contribution in [3.05, 3.63) is 143 Å². The molecular formula is C34H25F2N3O3. The number of fused-ring (bicyclic) bond motifs is 2. The van der Waals surface area contributed by atoms with E-state index in [-0.39, 0.29) is 29.6 Å². The summed E-state index contributed by atoms with van der Waals surface area (Å²) in [6.07, 6.45) is 1.90. The number of hydrogen-bond donors (Lipinski definition) is 3. The molecule has 0 spiro atoms. The number of carboxylic acid groups (broad SMARTS) is 1. The number of carboxylic acids is 1. The highest BCUT2D eigenvalue weighted by Gasteiger charge is 2.17. The second-order valence-electron chi connectivity index (χ2n) is 10.0. The van der Waals surface area contributed by atoms with Crippen LogP contribution in [0.25, 0.3) is 21.7 Å². The fourth-order valence-electron chi connectivity index (χ4n) is 5.04. The average molecular weight is 562 g/mol. The molecule has 0 bridgehead atoms. The lowest BCUT2D eigenvalue weighted by Gasteiger charge is -2.14. The Morgan fingerprint density at radius 2 is 1.45 bits per heavy atom. The van der Waals surface area contributed by atoms with Gasteiger partial charge in [-0.25, -0.2) is 13.6 Å². The molecule has 5 aromatic carbocycles. The molecule has 1 aromatic heterocycles. The third-order valence-electron chi connectivity index (χ3n) is 7.17. The van der Waals surface area contributed by atoms with Crippen LogP contribution in [-0.2, 0) is 13.1 Å². The van der Waals surface area contributed by atoms with Crippen molar-refractivity contribution >= 4 is 44.9 Å². The van der Waals surface area contributed by atoms with Crippen LogP contribution >= 0.6 is 0 Å². The van der Waals surface area contributed by atoms with Crippen LogP contribution in [0.15, 0.2) is 109 Å². The molecule has 0 unspecified atom stereocenters. The van der Waals surface area contributed by atoms with Gasteiger partial charge in [-0.15, -0.1) is 0 Å². The monoisotopic (exact) mass is 561 g/mol. The Labute approximate surface area is 239 Å². The van der Waals surface area contributed by atoms with Gasteiger partial charge < -0.3 is 20.3 Å². The normalized spacial score (nSPS) is 11.1. The standard InChI is InChI=1S/C34H25F2N3O3/c35-26-9-11-28(12-10-26)38-31-14-13-30(33(40)37-19-21-1-5-24(6-2-21)34(41)42)32-29(31)15-16-39(32)20-22-3-4-23-7-8-27(36)18-25(23)17-22/h1-18,38H,19-20H2,(H,37,40)(H,41,42). The molecule has 42 heavy (non-hydrogen) atoms. The first-order valence-electron chi connectivity index (χ1n) is 13.3. The zero-order chi connectivity index (χ0) is 29.2. The van der Waals surface area contributed by atoms with Crippen LogP contribution in [-0.4, -0.2) is 21.6 Å². The van der Waals surface area contributed by atoms with E-state index in [4.69, 9.17) is 5.11 Å². The van der Waals surface area contributed by atoms with Gasteiger partial charge in [0.05, 0.1) is 16.6 Å². The van der Waals surface area contributed by atoms with Gasteiger partial charge in [-0.2, -0.15) is 0 Å². The van der Waals surface area contributed by atoms with Gasteiger partial charge >= 0.3 is 5.97 Å². The van der Waals surface area contributed by atoms with E-state index in [2.05, 4.69) is 10.6 Å². The summed E-state index contributed by atoms with van der Waals surface area (Å²) in [7, 11) is 0. The van der Waals surface area contributed by atoms with E-state index in [1.54, 1.807) is 36.4 Å². The molecule has 1 heterocycles. The van der Waals surface area contributed by atoms with Crippen molar-refractivity contribution in [3.8, 4) is 0 Å². The number of carbonyl (C=O) groups is 2. The summed E-state index contributed by atoms with van der Waals surface area (Å²) >= 11 is 0. The van der Waals surface area contributed by atoms with Gasteiger partial charge in [-0.1, -0.05) is 30.3 Å². The number of halogens is 2. The van der Waals surface area contributed by atoms with Crippen LogP contribution in [0.1, 0.15) is 31.8 Å². The summed E-state index contributed by atoms with van der Waals surface area (Å²) in [5.41, 5.74) is 4.46. The Morgan fingerprint density at radius 3 is 2.21 bits per heavy atom. The lowest BCUT2D eigenvalue weighted by atomic mass is 10.1. The topological polar surface area (TPSA) is 83.4 Å². The van der Waals surface area contributed by atoms with Crippen LogP contribution in [0.2, 0.25) is 0 Å². The second kappa shape index (κ2) is 11.2. The van der Waals surface area contributed by atoms with Crippen LogP contribution in [0.4, 0.5) is 20.2 Å². The van der Waals surface area contributed by atoms with Crippen molar-refractivity contribution in [2.75, 3.05) is 5.32 Å². The molecular weight excluding hydrogens is 536 g/mol. The maximum Gasteiger partial charge on any atom is 0.335 e. The Bertz CT molecular complexity index is 1950. The average Bonchev–Trinajstić information content (AvgIpc) is 3.41. The molecule has 208 valence electrons. The van der Waals surface area contributed by atoms with E-state index in [0.29, 0.717) is 23.3 Å². The molecule has 0 fully saturated rings. The maximum absolute atomic E-state index is 13.9. The molecule has 0 aliphatic carbocycles. The van der Waals surface area contributed by atoms with E-state index in [0.717, 1.165) is 33.0 Å². The molecule has 0 aliphatic rings. The quantitative estimate of drug-likeness (QED) is 0.180. The summed E-state index contributed by atoms with van der Waals surface area (Å²) in [6, 6.07) is 28.4. The highest BCUT2D eigenvalue weighted by Crippen LogP contribution is 2.31.